The number of benzene rings is 1. The maximum atomic E-state index is 13.5. The van der Waals surface area contributed by atoms with Gasteiger partial charge in [0.05, 0.1) is 0 Å². The van der Waals surface area contributed by atoms with Gasteiger partial charge in [0.1, 0.15) is 11.6 Å². The molecule has 0 atom stereocenters. The second kappa shape index (κ2) is 7.74. The molecule has 6 nitrogen and oxygen atoms in total. The van der Waals surface area contributed by atoms with E-state index in [0.29, 0.717) is 31.7 Å². The molecule has 0 unspecified atom stereocenters. The van der Waals surface area contributed by atoms with Crippen molar-refractivity contribution < 1.29 is 14.0 Å². The molecule has 0 radical (unpaired) electrons. The van der Waals surface area contributed by atoms with Crippen molar-refractivity contribution >= 4 is 17.6 Å². The van der Waals surface area contributed by atoms with Crippen LogP contribution in [0.15, 0.2) is 48.7 Å². The summed E-state index contributed by atoms with van der Waals surface area (Å²) in [5, 5.41) is 2.48. The van der Waals surface area contributed by atoms with Gasteiger partial charge in [0, 0.05) is 44.5 Å². The summed E-state index contributed by atoms with van der Waals surface area (Å²) >= 11 is 0. The van der Waals surface area contributed by atoms with Gasteiger partial charge in [0.2, 0.25) is 0 Å². The summed E-state index contributed by atoms with van der Waals surface area (Å²) in [4.78, 5) is 32.1. The molecular formula is C18H19FN4O2. The second-order valence-corrected chi connectivity index (χ2v) is 5.74. The van der Waals surface area contributed by atoms with Crippen LogP contribution in [0.1, 0.15) is 5.56 Å². The molecule has 2 heterocycles. The van der Waals surface area contributed by atoms with Crippen LogP contribution in [0.2, 0.25) is 0 Å². The number of carbonyl (C=O) groups excluding carboxylic acids is 2. The number of carbonyl (C=O) groups is 2. The van der Waals surface area contributed by atoms with Crippen molar-refractivity contribution in [2.45, 2.75) is 6.54 Å². The molecule has 0 bridgehead atoms. The van der Waals surface area contributed by atoms with Gasteiger partial charge in [-0.15, -0.1) is 0 Å². The number of aromatic nitrogens is 1. The lowest BCUT2D eigenvalue weighted by atomic mass is 10.2. The van der Waals surface area contributed by atoms with Crippen LogP contribution in [-0.4, -0.2) is 47.9 Å². The Morgan fingerprint density at radius 2 is 1.76 bits per heavy atom. The van der Waals surface area contributed by atoms with Crippen molar-refractivity contribution in [3.05, 3.63) is 60.0 Å². The molecule has 2 amide bonds. The fourth-order valence-electron chi connectivity index (χ4n) is 2.72. The van der Waals surface area contributed by atoms with E-state index < -0.39 is 17.6 Å². The van der Waals surface area contributed by atoms with Gasteiger partial charge in [0.15, 0.2) is 0 Å². The number of hydrogen-bond donors (Lipinski definition) is 1. The topological polar surface area (TPSA) is 65.5 Å². The Morgan fingerprint density at radius 1 is 1.04 bits per heavy atom. The average Bonchev–Trinajstić information content (AvgIpc) is 2.67. The zero-order valence-corrected chi connectivity index (χ0v) is 13.7. The highest BCUT2D eigenvalue weighted by Gasteiger charge is 2.26. The van der Waals surface area contributed by atoms with E-state index in [1.165, 1.54) is 11.0 Å². The van der Waals surface area contributed by atoms with Crippen LogP contribution in [0, 0.1) is 5.82 Å². The third-order valence-electron chi connectivity index (χ3n) is 4.13. The van der Waals surface area contributed by atoms with Gasteiger partial charge >= 0.3 is 11.8 Å². The molecule has 1 N–H and O–H groups in total. The average molecular weight is 342 g/mol. The van der Waals surface area contributed by atoms with E-state index in [1.807, 2.05) is 18.2 Å². The van der Waals surface area contributed by atoms with Crippen molar-refractivity contribution in [3.8, 4) is 0 Å². The van der Waals surface area contributed by atoms with Crippen LogP contribution in [0.5, 0.6) is 0 Å². The van der Waals surface area contributed by atoms with Crippen molar-refractivity contribution in [2.75, 3.05) is 31.1 Å². The molecule has 25 heavy (non-hydrogen) atoms. The highest BCUT2D eigenvalue weighted by molar-refractivity contribution is 6.35. The zero-order valence-electron chi connectivity index (χ0n) is 13.7. The molecule has 7 heteroatoms. The van der Waals surface area contributed by atoms with E-state index in [1.54, 1.807) is 24.4 Å². The Kier molecular flexibility index (Phi) is 5.23. The fourth-order valence-corrected chi connectivity index (χ4v) is 2.72. The van der Waals surface area contributed by atoms with Gasteiger partial charge in [-0.25, -0.2) is 9.37 Å². The molecule has 1 saturated heterocycles. The van der Waals surface area contributed by atoms with Gasteiger partial charge in [-0.3, -0.25) is 9.59 Å². The molecule has 0 aliphatic carbocycles. The maximum Gasteiger partial charge on any atom is 0.312 e. The van der Waals surface area contributed by atoms with Crippen LogP contribution in [-0.2, 0) is 16.1 Å². The predicted molar refractivity (Wildman–Crippen MR) is 91.3 cm³/mol. The van der Waals surface area contributed by atoms with E-state index in [2.05, 4.69) is 15.2 Å². The Labute approximate surface area is 145 Å². The van der Waals surface area contributed by atoms with Crippen LogP contribution in [0.4, 0.5) is 10.2 Å². The highest BCUT2D eigenvalue weighted by atomic mass is 19.1. The number of hydrogen-bond acceptors (Lipinski definition) is 4. The minimum atomic E-state index is -0.713. The summed E-state index contributed by atoms with van der Waals surface area (Å²) < 4.78 is 13.5. The number of pyridine rings is 1. The number of halogens is 1. The number of nitrogens with zero attached hydrogens (tertiary/aromatic N) is 3. The first-order valence-electron chi connectivity index (χ1n) is 8.11. The van der Waals surface area contributed by atoms with Crippen LogP contribution in [0.3, 0.4) is 0 Å². The Balaban J connectivity index is 1.50. The highest BCUT2D eigenvalue weighted by Crippen LogP contribution is 2.12. The number of piperazine rings is 1. The van der Waals surface area contributed by atoms with Crippen LogP contribution in [0.25, 0.3) is 0 Å². The molecule has 3 rings (SSSR count). The minimum absolute atomic E-state index is 0.00878. The molecule has 0 spiro atoms. The standard InChI is InChI=1S/C18H19FN4O2/c19-15-6-2-1-5-14(15)13-21-17(24)18(25)23-11-9-22(10-12-23)16-7-3-4-8-20-16/h1-8H,9-13H2,(H,21,24). The molecular weight excluding hydrogens is 323 g/mol. The quantitative estimate of drug-likeness (QED) is 0.851. The minimum Gasteiger partial charge on any atom is -0.353 e. The van der Waals surface area contributed by atoms with Crippen molar-refractivity contribution in [3.63, 3.8) is 0 Å². The van der Waals surface area contributed by atoms with Gasteiger partial charge in [-0.05, 0) is 18.2 Å². The van der Waals surface area contributed by atoms with E-state index >= 15 is 0 Å². The lowest BCUT2D eigenvalue weighted by Gasteiger charge is -2.35. The van der Waals surface area contributed by atoms with Gasteiger partial charge in [0.25, 0.3) is 0 Å². The molecule has 1 aliphatic rings. The Hall–Kier alpha value is -2.96. The molecule has 1 aliphatic heterocycles. The summed E-state index contributed by atoms with van der Waals surface area (Å²) in [5.74, 6) is -0.843. The number of anilines is 1. The lowest BCUT2D eigenvalue weighted by molar-refractivity contribution is -0.146. The summed E-state index contributed by atoms with van der Waals surface area (Å²) in [5.41, 5.74) is 0.351. The molecule has 1 aromatic heterocycles. The number of amides is 2. The van der Waals surface area contributed by atoms with Gasteiger partial charge in [-0.2, -0.15) is 0 Å². The van der Waals surface area contributed by atoms with E-state index in [4.69, 9.17) is 0 Å². The largest absolute Gasteiger partial charge is 0.353 e. The molecule has 1 aromatic carbocycles. The van der Waals surface area contributed by atoms with E-state index in [-0.39, 0.29) is 6.54 Å². The monoisotopic (exact) mass is 342 g/mol. The number of nitrogens with one attached hydrogen (secondary N) is 1. The van der Waals surface area contributed by atoms with E-state index in [9.17, 15) is 14.0 Å². The van der Waals surface area contributed by atoms with E-state index in [0.717, 1.165) is 5.82 Å². The predicted octanol–water partition coefficient (Wildman–Crippen LogP) is 1.19. The zero-order chi connectivity index (χ0) is 17.6. The molecule has 130 valence electrons. The SMILES string of the molecule is O=C(NCc1ccccc1F)C(=O)N1CCN(c2ccccn2)CC1. The molecule has 0 saturated carbocycles. The summed E-state index contributed by atoms with van der Waals surface area (Å²) in [7, 11) is 0. The third kappa shape index (κ3) is 4.12. The maximum absolute atomic E-state index is 13.5. The van der Waals surface area contributed by atoms with Crippen molar-refractivity contribution in [1.29, 1.82) is 0 Å². The first-order chi connectivity index (χ1) is 12.1. The lowest BCUT2D eigenvalue weighted by Crippen LogP contribution is -2.52. The van der Waals surface area contributed by atoms with Crippen molar-refractivity contribution in [2.24, 2.45) is 0 Å². The third-order valence-corrected chi connectivity index (χ3v) is 4.13. The van der Waals surface area contributed by atoms with Gasteiger partial charge < -0.3 is 15.1 Å². The first-order valence-corrected chi connectivity index (χ1v) is 8.11. The Morgan fingerprint density at radius 3 is 2.44 bits per heavy atom. The molecule has 2 aromatic rings. The first kappa shape index (κ1) is 16.9. The number of rotatable bonds is 3. The smallest absolute Gasteiger partial charge is 0.312 e. The van der Waals surface area contributed by atoms with Crippen LogP contribution < -0.4 is 10.2 Å². The van der Waals surface area contributed by atoms with Gasteiger partial charge in [-0.1, -0.05) is 24.3 Å². The van der Waals surface area contributed by atoms with Crippen LogP contribution >= 0.6 is 0 Å². The Bertz CT molecular complexity index is 746. The summed E-state index contributed by atoms with van der Waals surface area (Å²) in [6.45, 7) is 2.11. The molecule has 1 fully saturated rings. The normalized spacial score (nSPS) is 14.3. The fraction of sp³-hybridized carbons (Fsp3) is 0.278. The second-order valence-electron chi connectivity index (χ2n) is 5.74. The van der Waals surface area contributed by atoms with Crippen molar-refractivity contribution in [1.82, 2.24) is 15.2 Å². The summed E-state index contributed by atoms with van der Waals surface area (Å²) in [6.07, 6.45) is 1.73. The summed E-state index contributed by atoms with van der Waals surface area (Å²) in [6, 6.07) is 11.8.